The third-order valence-electron chi connectivity index (χ3n) is 3.53. The fraction of sp³-hybridized carbons (Fsp3) is 0.267. The molecule has 6 nitrogen and oxygen atoms in total. The molecule has 3 aromatic rings. The average molecular weight is 396 g/mol. The number of thiophene rings is 1. The predicted molar refractivity (Wildman–Crippen MR) is 91.8 cm³/mol. The molecule has 0 aromatic carbocycles. The van der Waals surface area contributed by atoms with Crippen molar-refractivity contribution in [2.45, 2.75) is 13.5 Å². The van der Waals surface area contributed by atoms with Crippen molar-refractivity contribution in [3.8, 4) is 0 Å². The van der Waals surface area contributed by atoms with Crippen LogP contribution in [0.1, 0.15) is 21.0 Å². The summed E-state index contributed by atoms with van der Waals surface area (Å²) in [6, 6.07) is 3.90. The van der Waals surface area contributed by atoms with E-state index in [2.05, 4.69) is 20.9 Å². The molecule has 0 unspecified atom stereocenters. The van der Waals surface area contributed by atoms with E-state index < -0.39 is 0 Å². The third-order valence-corrected chi connectivity index (χ3v) is 5.14. The minimum absolute atomic E-state index is 0.196. The molecule has 0 atom stereocenters. The number of carbonyl (C=O) groups is 1. The van der Waals surface area contributed by atoms with E-state index in [0.717, 1.165) is 8.66 Å². The molecule has 0 saturated carbocycles. The van der Waals surface area contributed by atoms with E-state index in [1.54, 1.807) is 37.3 Å². The van der Waals surface area contributed by atoms with Gasteiger partial charge in [-0.25, -0.2) is 4.98 Å². The lowest BCUT2D eigenvalue weighted by atomic mass is 10.1. The molecule has 0 aliphatic heterocycles. The Morgan fingerprint density at radius 2 is 2.22 bits per heavy atom. The summed E-state index contributed by atoms with van der Waals surface area (Å²) in [4.78, 5) is 31.8. The monoisotopic (exact) mass is 395 g/mol. The summed E-state index contributed by atoms with van der Waals surface area (Å²) in [7, 11) is 3.30. The zero-order valence-corrected chi connectivity index (χ0v) is 15.2. The lowest BCUT2D eigenvalue weighted by Crippen LogP contribution is -2.28. The van der Waals surface area contributed by atoms with Gasteiger partial charge in [-0.15, -0.1) is 11.3 Å². The summed E-state index contributed by atoms with van der Waals surface area (Å²) in [5, 5.41) is 0.233. The summed E-state index contributed by atoms with van der Waals surface area (Å²) in [5.41, 5.74) is 0.190. The lowest BCUT2D eigenvalue weighted by molar-refractivity contribution is 0.0786. The molecule has 0 bridgehead atoms. The Morgan fingerprint density at radius 3 is 2.87 bits per heavy atom. The quantitative estimate of drug-likeness (QED) is 0.683. The fourth-order valence-electron chi connectivity index (χ4n) is 2.38. The largest absolute Gasteiger partial charge is 0.442 e. The van der Waals surface area contributed by atoms with Gasteiger partial charge in [0.1, 0.15) is 17.5 Å². The topological polar surface area (TPSA) is 68.3 Å². The number of halogens is 1. The molecular formula is C15H14BrN3O3S. The number of amides is 1. The van der Waals surface area contributed by atoms with E-state index in [1.807, 2.05) is 12.1 Å². The summed E-state index contributed by atoms with van der Waals surface area (Å²) < 4.78 is 7.83. The predicted octanol–water partition coefficient (Wildman–Crippen LogP) is 2.93. The van der Waals surface area contributed by atoms with E-state index in [-0.39, 0.29) is 28.1 Å². The molecule has 3 rings (SSSR count). The Bertz CT molecular complexity index is 957. The first kappa shape index (κ1) is 15.9. The minimum atomic E-state index is -0.289. The van der Waals surface area contributed by atoms with Crippen molar-refractivity contribution >= 4 is 44.3 Å². The van der Waals surface area contributed by atoms with Crippen LogP contribution in [0.3, 0.4) is 0 Å². The molecule has 120 valence electrons. The van der Waals surface area contributed by atoms with Crippen molar-refractivity contribution < 1.29 is 9.21 Å². The number of fused-ring (bicyclic) bond motifs is 1. The van der Waals surface area contributed by atoms with Crippen LogP contribution in [-0.4, -0.2) is 27.4 Å². The Balaban J connectivity index is 2.02. The smallest absolute Gasteiger partial charge is 0.265 e. The van der Waals surface area contributed by atoms with Crippen LogP contribution in [0.5, 0.6) is 0 Å². The van der Waals surface area contributed by atoms with Crippen LogP contribution in [0.25, 0.3) is 11.1 Å². The highest BCUT2D eigenvalue weighted by Crippen LogP contribution is 2.25. The summed E-state index contributed by atoms with van der Waals surface area (Å²) in [6.07, 6.45) is 1.38. The number of rotatable bonds is 3. The maximum absolute atomic E-state index is 12.8. The molecule has 8 heteroatoms. The maximum Gasteiger partial charge on any atom is 0.265 e. The molecule has 0 aliphatic rings. The Morgan fingerprint density at radius 1 is 1.48 bits per heavy atom. The second-order valence-corrected chi connectivity index (χ2v) is 7.79. The Labute approximate surface area is 144 Å². The van der Waals surface area contributed by atoms with Crippen LogP contribution >= 0.6 is 27.3 Å². The number of aryl methyl sites for hydroxylation is 2. The number of furan rings is 1. The summed E-state index contributed by atoms with van der Waals surface area (Å²) in [6.45, 7) is 2.13. The van der Waals surface area contributed by atoms with E-state index in [4.69, 9.17) is 4.42 Å². The second kappa shape index (κ2) is 5.93. The molecule has 1 amide bonds. The molecule has 3 heterocycles. The third kappa shape index (κ3) is 2.84. The summed E-state index contributed by atoms with van der Waals surface area (Å²) >= 11 is 4.97. The zero-order valence-electron chi connectivity index (χ0n) is 12.8. The van der Waals surface area contributed by atoms with Crippen LogP contribution in [0, 0.1) is 6.92 Å². The van der Waals surface area contributed by atoms with Crippen molar-refractivity contribution in [2.75, 3.05) is 7.05 Å². The van der Waals surface area contributed by atoms with Crippen LogP contribution in [0.2, 0.25) is 0 Å². The van der Waals surface area contributed by atoms with Crippen LogP contribution in [-0.2, 0) is 13.6 Å². The van der Waals surface area contributed by atoms with Crippen molar-refractivity contribution in [1.82, 2.24) is 14.5 Å². The van der Waals surface area contributed by atoms with Crippen molar-refractivity contribution in [3.05, 3.63) is 48.8 Å². The van der Waals surface area contributed by atoms with Gasteiger partial charge < -0.3 is 13.9 Å². The van der Waals surface area contributed by atoms with Crippen LogP contribution < -0.4 is 5.56 Å². The Hall–Kier alpha value is -1.93. The van der Waals surface area contributed by atoms with Gasteiger partial charge in [0.25, 0.3) is 11.5 Å². The van der Waals surface area contributed by atoms with Crippen molar-refractivity contribution in [3.63, 3.8) is 0 Å². The zero-order chi connectivity index (χ0) is 16.7. The molecule has 3 aromatic heterocycles. The normalized spacial score (nSPS) is 11.1. The number of carbonyl (C=O) groups excluding carboxylic acids is 1. The molecule has 0 aliphatic carbocycles. The van der Waals surface area contributed by atoms with E-state index in [0.29, 0.717) is 12.3 Å². The average Bonchev–Trinajstić information content (AvgIpc) is 3.05. The highest BCUT2D eigenvalue weighted by Gasteiger charge is 2.25. The number of hydrogen-bond donors (Lipinski definition) is 0. The summed E-state index contributed by atoms with van der Waals surface area (Å²) in [5.74, 6) is 0.149. The van der Waals surface area contributed by atoms with E-state index >= 15 is 0 Å². The maximum atomic E-state index is 12.8. The fourth-order valence-corrected chi connectivity index (χ4v) is 3.91. The lowest BCUT2D eigenvalue weighted by Gasteiger charge is -2.15. The SMILES string of the molecule is Cc1oc2ncn(C)c(=O)c2c1C(=O)N(C)Cc1ccc(Br)s1. The number of hydrogen-bond acceptors (Lipinski definition) is 5. The van der Waals surface area contributed by atoms with Gasteiger partial charge in [0, 0.05) is 19.0 Å². The van der Waals surface area contributed by atoms with Gasteiger partial charge in [-0.3, -0.25) is 9.59 Å². The first-order valence-electron chi connectivity index (χ1n) is 6.83. The van der Waals surface area contributed by atoms with Gasteiger partial charge in [-0.05, 0) is 35.0 Å². The van der Waals surface area contributed by atoms with Gasteiger partial charge in [0.15, 0.2) is 0 Å². The Kier molecular flexibility index (Phi) is 4.11. The van der Waals surface area contributed by atoms with Gasteiger partial charge in [-0.2, -0.15) is 0 Å². The second-order valence-electron chi connectivity index (χ2n) is 5.24. The molecule has 0 N–H and O–H groups in total. The highest BCUT2D eigenvalue weighted by molar-refractivity contribution is 9.11. The highest BCUT2D eigenvalue weighted by atomic mass is 79.9. The first-order chi connectivity index (χ1) is 10.9. The van der Waals surface area contributed by atoms with E-state index in [1.165, 1.54) is 10.9 Å². The standard InChI is InChI=1S/C15H14BrN3O3S/c1-8-11(12-13(22-8)17-7-19(3)15(12)21)14(20)18(2)6-9-4-5-10(16)23-9/h4-5,7H,6H2,1-3H3. The molecular weight excluding hydrogens is 382 g/mol. The molecule has 0 radical (unpaired) electrons. The van der Waals surface area contributed by atoms with Gasteiger partial charge in [-0.1, -0.05) is 0 Å². The number of aromatic nitrogens is 2. The van der Waals surface area contributed by atoms with Crippen molar-refractivity contribution in [2.24, 2.45) is 7.05 Å². The molecule has 0 saturated heterocycles. The van der Waals surface area contributed by atoms with Crippen molar-refractivity contribution in [1.29, 1.82) is 0 Å². The number of nitrogens with zero attached hydrogens (tertiary/aromatic N) is 3. The van der Waals surface area contributed by atoms with Crippen LogP contribution in [0.4, 0.5) is 0 Å². The van der Waals surface area contributed by atoms with Gasteiger partial charge in [0.05, 0.1) is 15.9 Å². The van der Waals surface area contributed by atoms with Gasteiger partial charge >= 0.3 is 0 Å². The molecule has 0 fully saturated rings. The van der Waals surface area contributed by atoms with Crippen LogP contribution in [0.15, 0.2) is 31.5 Å². The molecule has 0 spiro atoms. The minimum Gasteiger partial charge on any atom is -0.442 e. The van der Waals surface area contributed by atoms with Gasteiger partial charge in [0.2, 0.25) is 5.71 Å². The first-order valence-corrected chi connectivity index (χ1v) is 8.44. The molecule has 23 heavy (non-hydrogen) atoms. The van der Waals surface area contributed by atoms with E-state index in [9.17, 15) is 9.59 Å².